The van der Waals surface area contributed by atoms with Crippen molar-refractivity contribution in [3.63, 3.8) is 0 Å². The lowest BCUT2D eigenvalue weighted by molar-refractivity contribution is 0.163. The summed E-state index contributed by atoms with van der Waals surface area (Å²) in [5, 5.41) is 0. The fourth-order valence-electron chi connectivity index (χ4n) is 2.09. The van der Waals surface area contributed by atoms with E-state index >= 15 is 0 Å². The van der Waals surface area contributed by atoms with Crippen molar-refractivity contribution in [2.75, 3.05) is 21.3 Å². The van der Waals surface area contributed by atoms with E-state index < -0.39 is 9.53 Å². The molecule has 0 aromatic carbocycles. The first-order valence-electron chi connectivity index (χ1n) is 7.86. The number of rotatable bonds is 11. The van der Waals surface area contributed by atoms with Crippen LogP contribution in [0.3, 0.4) is 0 Å². The quantitative estimate of drug-likeness (QED) is 0.422. The highest BCUT2D eigenvalue weighted by Crippen LogP contribution is 2.34. The number of unbranched alkanes of at least 4 members (excludes halogenated alkanes) is 6. The first-order chi connectivity index (χ1) is 9.28. The molecule has 19 heavy (non-hydrogen) atoms. The van der Waals surface area contributed by atoms with Gasteiger partial charge in [0.25, 0.3) is 0 Å². The van der Waals surface area contributed by atoms with Gasteiger partial charge in [-0.05, 0) is 5.92 Å². The maximum absolute atomic E-state index is 4.74. The van der Waals surface area contributed by atoms with Crippen LogP contribution >= 0.6 is 0 Å². The first kappa shape index (κ1) is 19.1. The van der Waals surface area contributed by atoms with Gasteiger partial charge in [0.1, 0.15) is 0 Å². The van der Waals surface area contributed by atoms with Crippen LogP contribution in [0.4, 0.5) is 0 Å². The third-order valence-electron chi connectivity index (χ3n) is 3.49. The predicted molar refractivity (Wildman–Crippen MR) is 83.5 cm³/mol. The highest BCUT2D eigenvalue weighted by molar-refractivity contribution is 6.36. The van der Waals surface area contributed by atoms with Crippen molar-refractivity contribution in [3.8, 4) is 0 Å². The summed E-state index contributed by atoms with van der Waals surface area (Å²) in [7, 11) is 3.05. The minimum atomic E-state index is -1.67. The molecule has 3 nitrogen and oxygen atoms in total. The summed E-state index contributed by atoms with van der Waals surface area (Å²) in [6.45, 7) is 2.28. The summed E-state index contributed by atoms with van der Waals surface area (Å²) in [6.07, 6.45) is 14.9. The van der Waals surface area contributed by atoms with Crippen molar-refractivity contribution in [2.45, 2.75) is 71.1 Å². The van der Waals surface area contributed by atoms with Crippen molar-refractivity contribution in [3.05, 3.63) is 0 Å². The molecule has 116 valence electrons. The maximum atomic E-state index is 4.74. The summed E-state index contributed by atoms with van der Waals surface area (Å²) in [5.41, 5.74) is 0. The first-order valence-corrected chi connectivity index (χ1v) is 9.28. The lowest BCUT2D eigenvalue weighted by atomic mass is 10.1. The molecule has 0 spiro atoms. The fraction of sp³-hybridized carbons (Fsp3) is 1.00. The Morgan fingerprint density at radius 2 is 1.26 bits per heavy atom. The molecule has 0 atom stereocenters. The Bertz CT molecular complexity index is 165. The molecule has 0 aromatic rings. The van der Waals surface area contributed by atoms with Crippen molar-refractivity contribution < 1.29 is 13.3 Å². The molecule has 1 rings (SSSR count). The molecule has 1 aliphatic rings. The van der Waals surface area contributed by atoms with Crippen LogP contribution in [0.5, 0.6) is 0 Å². The second-order valence-corrected chi connectivity index (χ2v) is 7.34. The highest BCUT2D eigenvalue weighted by Gasteiger charge is 2.19. The minimum absolute atomic E-state index is 1.15. The van der Waals surface area contributed by atoms with E-state index in [-0.39, 0.29) is 0 Å². The van der Waals surface area contributed by atoms with Gasteiger partial charge in [-0.1, -0.05) is 71.1 Å². The van der Waals surface area contributed by atoms with Crippen LogP contribution in [0.1, 0.15) is 71.1 Å². The van der Waals surface area contributed by atoms with Crippen molar-refractivity contribution in [2.24, 2.45) is 5.92 Å². The molecular formula is C15H34O3Si. The molecule has 0 saturated heterocycles. The molecule has 0 unspecified atom stereocenters. The average molecular weight is 291 g/mol. The number of hydrogen-bond acceptors (Lipinski definition) is 3. The lowest BCUT2D eigenvalue weighted by Gasteiger charge is -2.05. The summed E-state index contributed by atoms with van der Waals surface area (Å²) >= 11 is 0. The van der Waals surface area contributed by atoms with Gasteiger partial charge in [-0.25, -0.2) is 0 Å². The molecule has 0 aliphatic heterocycles. The Hall–Kier alpha value is 0.0969. The zero-order valence-electron chi connectivity index (χ0n) is 13.5. The molecule has 1 fully saturated rings. The van der Waals surface area contributed by atoms with Gasteiger partial charge in [0.05, 0.1) is 0 Å². The third-order valence-corrected chi connectivity index (χ3v) is 4.64. The normalized spacial score (nSPS) is 14.4. The summed E-state index contributed by atoms with van der Waals surface area (Å²) in [6, 6.07) is 0. The molecule has 0 bridgehead atoms. The standard InChI is InChI=1S/C12H24.C3H10O3Si/c1-2-3-4-5-6-7-8-9-12-10-11-12;1-4-7(5-2)6-3/h12H,2-11H2,1H3;7H,1-3H3. The Labute approximate surface area is 122 Å². The molecule has 1 aliphatic carbocycles. The van der Waals surface area contributed by atoms with Gasteiger partial charge in [-0.15, -0.1) is 0 Å². The Morgan fingerprint density at radius 3 is 1.63 bits per heavy atom. The zero-order chi connectivity index (χ0) is 14.3. The van der Waals surface area contributed by atoms with Crippen LogP contribution < -0.4 is 0 Å². The lowest BCUT2D eigenvalue weighted by Crippen LogP contribution is -2.21. The van der Waals surface area contributed by atoms with E-state index in [0.717, 1.165) is 5.92 Å². The third kappa shape index (κ3) is 14.3. The zero-order valence-corrected chi connectivity index (χ0v) is 14.6. The summed E-state index contributed by atoms with van der Waals surface area (Å²) in [5.74, 6) is 1.15. The monoisotopic (exact) mass is 290 g/mol. The van der Waals surface area contributed by atoms with E-state index in [9.17, 15) is 0 Å². The van der Waals surface area contributed by atoms with Gasteiger partial charge < -0.3 is 13.3 Å². The Balaban J connectivity index is 0.000000399. The van der Waals surface area contributed by atoms with Gasteiger partial charge in [0.15, 0.2) is 0 Å². The van der Waals surface area contributed by atoms with E-state index in [1.165, 1.54) is 64.2 Å². The van der Waals surface area contributed by atoms with Crippen LogP contribution in [-0.2, 0) is 13.3 Å². The molecule has 0 aromatic heterocycles. The van der Waals surface area contributed by atoms with E-state index in [1.807, 2.05) is 0 Å². The molecule has 0 N–H and O–H groups in total. The van der Waals surface area contributed by atoms with Crippen LogP contribution in [0, 0.1) is 5.92 Å². The van der Waals surface area contributed by atoms with E-state index in [0.29, 0.717) is 0 Å². The molecule has 0 heterocycles. The van der Waals surface area contributed by atoms with Gasteiger partial charge in [0.2, 0.25) is 0 Å². The van der Waals surface area contributed by atoms with Crippen LogP contribution in [0.25, 0.3) is 0 Å². The van der Waals surface area contributed by atoms with E-state index in [1.54, 1.807) is 21.3 Å². The van der Waals surface area contributed by atoms with Crippen LogP contribution in [-0.4, -0.2) is 30.9 Å². The smallest absolute Gasteiger partial charge is 0.379 e. The highest BCUT2D eigenvalue weighted by atomic mass is 28.3. The van der Waals surface area contributed by atoms with Crippen LogP contribution in [0.2, 0.25) is 0 Å². The van der Waals surface area contributed by atoms with Gasteiger partial charge in [-0.3, -0.25) is 0 Å². The average Bonchev–Trinajstić information content (AvgIpc) is 3.25. The van der Waals surface area contributed by atoms with Crippen molar-refractivity contribution in [1.29, 1.82) is 0 Å². The fourth-order valence-corrected chi connectivity index (χ4v) is 2.66. The molecular weight excluding hydrogens is 256 g/mol. The van der Waals surface area contributed by atoms with Gasteiger partial charge >= 0.3 is 9.53 Å². The van der Waals surface area contributed by atoms with Crippen molar-refractivity contribution >= 4 is 9.53 Å². The molecule has 4 heteroatoms. The molecule has 1 saturated carbocycles. The maximum Gasteiger partial charge on any atom is 0.483 e. The second-order valence-electron chi connectivity index (χ2n) is 5.35. The largest absolute Gasteiger partial charge is 0.483 e. The predicted octanol–water partition coefficient (Wildman–Crippen LogP) is 4.18. The van der Waals surface area contributed by atoms with Crippen LogP contribution in [0.15, 0.2) is 0 Å². The molecule has 0 radical (unpaired) electrons. The van der Waals surface area contributed by atoms with Gasteiger partial charge in [-0.2, -0.15) is 0 Å². The SMILES string of the molecule is CCCCCCCCCC1CC1.CO[SiH](OC)OC. The van der Waals surface area contributed by atoms with E-state index in [2.05, 4.69) is 6.92 Å². The Kier molecular flexibility index (Phi) is 14.6. The summed E-state index contributed by atoms with van der Waals surface area (Å²) in [4.78, 5) is 0. The minimum Gasteiger partial charge on any atom is -0.379 e. The Morgan fingerprint density at radius 1 is 0.789 bits per heavy atom. The van der Waals surface area contributed by atoms with E-state index in [4.69, 9.17) is 13.3 Å². The number of hydrogen-bond donors (Lipinski definition) is 0. The molecule has 0 amide bonds. The van der Waals surface area contributed by atoms with Gasteiger partial charge in [0, 0.05) is 21.3 Å². The topological polar surface area (TPSA) is 27.7 Å². The summed E-state index contributed by atoms with van der Waals surface area (Å²) < 4.78 is 14.2. The van der Waals surface area contributed by atoms with Crippen molar-refractivity contribution in [1.82, 2.24) is 0 Å². The second kappa shape index (κ2) is 14.5.